The summed E-state index contributed by atoms with van der Waals surface area (Å²) in [6.07, 6.45) is 3.16. The quantitative estimate of drug-likeness (QED) is 0.474. The lowest BCUT2D eigenvalue weighted by atomic mass is 10.0. The summed E-state index contributed by atoms with van der Waals surface area (Å²) in [6.45, 7) is 1.72. The first-order chi connectivity index (χ1) is 13.3. The second-order valence-electron chi connectivity index (χ2n) is 6.62. The molecule has 0 saturated carbocycles. The van der Waals surface area contributed by atoms with Crippen molar-refractivity contribution < 1.29 is 22.7 Å². The third-order valence-electron chi connectivity index (χ3n) is 4.28. The van der Waals surface area contributed by atoms with Crippen LogP contribution in [0.25, 0.3) is 0 Å². The smallest absolute Gasteiger partial charge is 0.338 e. The molecule has 0 radical (unpaired) electrons. The SMILES string of the molecule is CCCCc1ccc(C(=O)COC(=O)c2cccc(S(=O)(=O)N(C)C)c2)cc1. The van der Waals surface area contributed by atoms with E-state index in [1.165, 1.54) is 38.4 Å². The molecule has 0 aliphatic carbocycles. The predicted octanol–water partition coefficient (Wildman–Crippen LogP) is 3.32. The maximum atomic E-state index is 12.2. The molecule has 2 rings (SSSR count). The zero-order valence-corrected chi connectivity index (χ0v) is 17.2. The van der Waals surface area contributed by atoms with Crippen molar-refractivity contribution >= 4 is 21.8 Å². The number of aryl methyl sites for hydroxylation is 1. The molecule has 150 valence electrons. The molecule has 0 aromatic heterocycles. The van der Waals surface area contributed by atoms with Crippen LogP contribution in [-0.4, -0.2) is 45.2 Å². The summed E-state index contributed by atoms with van der Waals surface area (Å²) in [5, 5.41) is 0. The molecule has 0 aliphatic heterocycles. The molecule has 0 fully saturated rings. The average molecular weight is 404 g/mol. The Morgan fingerprint density at radius 1 is 1.00 bits per heavy atom. The Kier molecular flexibility index (Phi) is 7.48. The van der Waals surface area contributed by atoms with Crippen LogP contribution < -0.4 is 0 Å². The molecule has 0 N–H and O–H groups in total. The number of rotatable bonds is 9. The largest absolute Gasteiger partial charge is 0.454 e. The number of hydrogen-bond acceptors (Lipinski definition) is 5. The normalized spacial score (nSPS) is 11.4. The van der Waals surface area contributed by atoms with Crippen LogP contribution in [0.2, 0.25) is 0 Å². The third kappa shape index (κ3) is 5.50. The van der Waals surface area contributed by atoms with Crippen molar-refractivity contribution in [3.63, 3.8) is 0 Å². The van der Waals surface area contributed by atoms with Crippen molar-refractivity contribution in [3.8, 4) is 0 Å². The average Bonchev–Trinajstić information content (AvgIpc) is 2.70. The number of carbonyl (C=O) groups is 2. The maximum Gasteiger partial charge on any atom is 0.338 e. The molecule has 0 unspecified atom stereocenters. The van der Waals surface area contributed by atoms with Crippen LogP contribution in [0.4, 0.5) is 0 Å². The minimum atomic E-state index is -3.66. The number of ether oxygens (including phenoxy) is 1. The Morgan fingerprint density at radius 3 is 2.29 bits per heavy atom. The number of esters is 1. The van der Waals surface area contributed by atoms with Gasteiger partial charge in [0.25, 0.3) is 0 Å². The zero-order chi connectivity index (χ0) is 20.7. The molecule has 0 saturated heterocycles. The van der Waals surface area contributed by atoms with E-state index in [0.717, 1.165) is 29.1 Å². The van der Waals surface area contributed by atoms with Crippen LogP contribution in [0.5, 0.6) is 0 Å². The van der Waals surface area contributed by atoms with Crippen LogP contribution in [0.15, 0.2) is 53.4 Å². The van der Waals surface area contributed by atoms with Crippen LogP contribution >= 0.6 is 0 Å². The molecular formula is C21H25NO5S. The summed E-state index contributed by atoms with van der Waals surface area (Å²) >= 11 is 0. The van der Waals surface area contributed by atoms with E-state index >= 15 is 0 Å². The van der Waals surface area contributed by atoms with Crippen molar-refractivity contribution in [2.24, 2.45) is 0 Å². The van der Waals surface area contributed by atoms with Crippen molar-refractivity contribution in [1.29, 1.82) is 0 Å². The molecule has 6 nitrogen and oxygen atoms in total. The van der Waals surface area contributed by atoms with E-state index in [-0.39, 0.29) is 16.2 Å². The number of ketones is 1. The highest BCUT2D eigenvalue weighted by Crippen LogP contribution is 2.16. The highest BCUT2D eigenvalue weighted by atomic mass is 32.2. The second kappa shape index (κ2) is 9.61. The van der Waals surface area contributed by atoms with Crippen LogP contribution in [0, 0.1) is 0 Å². The summed E-state index contributed by atoms with van der Waals surface area (Å²) in [5.74, 6) is -1.06. The Morgan fingerprint density at radius 2 is 1.68 bits per heavy atom. The summed E-state index contributed by atoms with van der Waals surface area (Å²) < 4.78 is 30.5. The lowest BCUT2D eigenvalue weighted by molar-refractivity contribution is 0.0474. The van der Waals surface area contributed by atoms with Gasteiger partial charge in [0, 0.05) is 19.7 Å². The van der Waals surface area contributed by atoms with Crippen LogP contribution in [0.1, 0.15) is 46.0 Å². The van der Waals surface area contributed by atoms with Crippen molar-refractivity contribution in [3.05, 3.63) is 65.2 Å². The van der Waals surface area contributed by atoms with E-state index < -0.39 is 22.6 Å². The van der Waals surface area contributed by atoms with Crippen molar-refractivity contribution in [2.45, 2.75) is 31.1 Å². The van der Waals surface area contributed by atoms with E-state index in [0.29, 0.717) is 5.56 Å². The minimum Gasteiger partial charge on any atom is -0.454 e. The Bertz CT molecular complexity index is 934. The van der Waals surface area contributed by atoms with Crippen molar-refractivity contribution in [2.75, 3.05) is 20.7 Å². The minimum absolute atomic E-state index is 0.0130. The van der Waals surface area contributed by atoms with Crippen LogP contribution in [-0.2, 0) is 21.2 Å². The molecule has 0 heterocycles. The molecule has 0 atom stereocenters. The van der Waals surface area contributed by atoms with Gasteiger partial charge in [0.2, 0.25) is 10.0 Å². The highest BCUT2D eigenvalue weighted by molar-refractivity contribution is 7.89. The van der Waals surface area contributed by atoms with Crippen LogP contribution in [0.3, 0.4) is 0 Å². The van der Waals surface area contributed by atoms with Gasteiger partial charge >= 0.3 is 5.97 Å². The van der Waals surface area contributed by atoms with Gasteiger partial charge < -0.3 is 4.74 Å². The van der Waals surface area contributed by atoms with E-state index in [2.05, 4.69) is 6.92 Å². The summed E-state index contributed by atoms with van der Waals surface area (Å²) in [4.78, 5) is 24.4. The molecular weight excluding hydrogens is 378 g/mol. The summed E-state index contributed by atoms with van der Waals surface area (Å²) in [6, 6.07) is 12.8. The number of carbonyl (C=O) groups excluding carboxylic acids is 2. The first kappa shape index (κ1) is 21.8. The number of benzene rings is 2. The fraction of sp³-hybridized carbons (Fsp3) is 0.333. The van der Waals surface area contributed by atoms with Gasteiger partial charge in [0.1, 0.15) is 0 Å². The molecule has 2 aromatic rings. The first-order valence-electron chi connectivity index (χ1n) is 9.07. The fourth-order valence-electron chi connectivity index (χ4n) is 2.53. The highest BCUT2D eigenvalue weighted by Gasteiger charge is 2.19. The van der Waals surface area contributed by atoms with Gasteiger partial charge in [-0.05, 0) is 36.6 Å². The van der Waals surface area contributed by atoms with Gasteiger partial charge in [-0.25, -0.2) is 17.5 Å². The monoisotopic (exact) mass is 403 g/mol. The Balaban J connectivity index is 2.01. The Hall–Kier alpha value is -2.51. The molecule has 7 heteroatoms. The van der Waals surface area contributed by atoms with Gasteiger partial charge in [-0.1, -0.05) is 43.7 Å². The van der Waals surface area contributed by atoms with E-state index in [1.807, 2.05) is 12.1 Å². The zero-order valence-electron chi connectivity index (χ0n) is 16.3. The van der Waals surface area contributed by atoms with Gasteiger partial charge in [-0.3, -0.25) is 4.79 Å². The lowest BCUT2D eigenvalue weighted by Gasteiger charge is -2.12. The van der Waals surface area contributed by atoms with E-state index in [9.17, 15) is 18.0 Å². The molecule has 0 bridgehead atoms. The number of nitrogens with zero attached hydrogens (tertiary/aromatic N) is 1. The van der Waals surface area contributed by atoms with Gasteiger partial charge in [0.05, 0.1) is 10.5 Å². The topological polar surface area (TPSA) is 80.8 Å². The maximum absolute atomic E-state index is 12.2. The second-order valence-corrected chi connectivity index (χ2v) is 8.77. The van der Waals surface area contributed by atoms with E-state index in [4.69, 9.17) is 4.74 Å². The molecule has 0 spiro atoms. The third-order valence-corrected chi connectivity index (χ3v) is 6.09. The van der Waals surface area contributed by atoms with E-state index in [1.54, 1.807) is 12.1 Å². The lowest BCUT2D eigenvalue weighted by Crippen LogP contribution is -2.22. The Labute approximate surface area is 166 Å². The fourth-order valence-corrected chi connectivity index (χ4v) is 3.48. The number of hydrogen-bond donors (Lipinski definition) is 0. The summed E-state index contributed by atoms with van der Waals surface area (Å²) in [5.41, 5.74) is 1.71. The van der Waals surface area contributed by atoms with Gasteiger partial charge in [-0.15, -0.1) is 0 Å². The molecule has 0 aliphatic rings. The molecule has 2 aromatic carbocycles. The number of Topliss-reactive ketones (excluding diaryl/α,β-unsaturated/α-hetero) is 1. The standard InChI is InChI=1S/C21H25NO5S/c1-4-5-7-16-10-12-17(13-11-16)20(23)15-27-21(24)18-8-6-9-19(14-18)28(25,26)22(2)3/h6,8-14H,4-5,7,15H2,1-3H3. The number of unbranched alkanes of at least 4 members (excludes halogenated alkanes) is 1. The summed E-state index contributed by atoms with van der Waals surface area (Å²) in [7, 11) is -0.841. The number of sulfonamides is 1. The van der Waals surface area contributed by atoms with Gasteiger partial charge in [0.15, 0.2) is 12.4 Å². The first-order valence-corrected chi connectivity index (χ1v) is 10.5. The molecule has 28 heavy (non-hydrogen) atoms. The molecule has 0 amide bonds. The van der Waals surface area contributed by atoms with Crippen molar-refractivity contribution in [1.82, 2.24) is 4.31 Å². The van der Waals surface area contributed by atoms with Gasteiger partial charge in [-0.2, -0.15) is 0 Å². The predicted molar refractivity (Wildman–Crippen MR) is 107 cm³/mol.